The molecular weight excluding hydrogens is 210 g/mol. The van der Waals surface area contributed by atoms with Crippen molar-refractivity contribution in [1.82, 2.24) is 0 Å². The summed E-state index contributed by atoms with van der Waals surface area (Å²) >= 11 is 0. The molecule has 1 N–H and O–H groups in total. The molecule has 0 amide bonds. The highest BCUT2D eigenvalue weighted by molar-refractivity contribution is 5.84. The molecule has 0 radical (unpaired) electrons. The van der Waals surface area contributed by atoms with Crippen LogP contribution in [0.5, 0.6) is 0 Å². The van der Waals surface area contributed by atoms with E-state index in [9.17, 15) is 4.79 Å². The van der Waals surface area contributed by atoms with Crippen molar-refractivity contribution in [3.05, 3.63) is 42.0 Å². The third kappa shape index (κ3) is 2.08. The van der Waals surface area contributed by atoms with Gasteiger partial charge in [-0.3, -0.25) is 0 Å². The van der Waals surface area contributed by atoms with Gasteiger partial charge >= 0.3 is 5.97 Å². The van der Waals surface area contributed by atoms with Gasteiger partial charge < -0.3 is 18.8 Å². The molecule has 2 aromatic rings. The first kappa shape index (κ1) is 10.4. The third-order valence-corrected chi connectivity index (χ3v) is 2.15. The smallest absolute Gasteiger partial charge is 0.371 e. The van der Waals surface area contributed by atoms with Gasteiger partial charge in [0.1, 0.15) is 5.76 Å². The largest absolute Gasteiger partial charge is 0.475 e. The van der Waals surface area contributed by atoms with Crippen molar-refractivity contribution in [2.75, 3.05) is 11.9 Å². The van der Waals surface area contributed by atoms with Crippen LogP contribution < -0.4 is 4.90 Å². The fourth-order valence-electron chi connectivity index (χ4n) is 1.36. The van der Waals surface area contributed by atoms with Crippen LogP contribution in [-0.2, 0) is 6.54 Å². The van der Waals surface area contributed by atoms with Crippen molar-refractivity contribution >= 4 is 11.9 Å². The van der Waals surface area contributed by atoms with E-state index in [4.69, 9.17) is 13.9 Å². The molecule has 5 nitrogen and oxygen atoms in total. The van der Waals surface area contributed by atoms with E-state index in [-0.39, 0.29) is 5.76 Å². The van der Waals surface area contributed by atoms with Gasteiger partial charge in [-0.1, -0.05) is 0 Å². The van der Waals surface area contributed by atoms with E-state index in [2.05, 4.69) is 0 Å². The van der Waals surface area contributed by atoms with Crippen LogP contribution in [-0.4, -0.2) is 18.1 Å². The lowest BCUT2D eigenvalue weighted by Gasteiger charge is -2.13. The molecule has 2 rings (SSSR count). The Morgan fingerprint density at radius 2 is 2.25 bits per heavy atom. The van der Waals surface area contributed by atoms with E-state index in [1.54, 1.807) is 30.3 Å². The number of anilines is 1. The molecule has 0 saturated heterocycles. The summed E-state index contributed by atoms with van der Waals surface area (Å²) in [5.74, 6) is 0.142. The molecule has 2 aromatic heterocycles. The van der Waals surface area contributed by atoms with Gasteiger partial charge in [0.05, 0.1) is 12.8 Å². The van der Waals surface area contributed by atoms with E-state index >= 15 is 0 Å². The van der Waals surface area contributed by atoms with E-state index in [1.807, 2.05) is 6.07 Å². The molecular formula is C11H11NO4. The molecule has 0 spiro atoms. The molecule has 0 unspecified atom stereocenters. The lowest BCUT2D eigenvalue weighted by molar-refractivity contribution is 0.0663. The van der Waals surface area contributed by atoms with Gasteiger partial charge in [-0.15, -0.1) is 0 Å². The summed E-state index contributed by atoms with van der Waals surface area (Å²) in [6, 6.07) is 6.69. The second-order valence-electron chi connectivity index (χ2n) is 3.38. The highest BCUT2D eigenvalue weighted by Gasteiger charge is 2.12. The van der Waals surface area contributed by atoms with Crippen LogP contribution in [0.2, 0.25) is 0 Å². The van der Waals surface area contributed by atoms with Gasteiger partial charge in [-0.05, 0) is 18.2 Å². The highest BCUT2D eigenvalue weighted by Crippen LogP contribution is 2.19. The molecule has 0 atom stereocenters. The number of hydrogen-bond acceptors (Lipinski definition) is 4. The molecule has 2 heterocycles. The molecule has 0 fully saturated rings. The molecule has 0 saturated carbocycles. The van der Waals surface area contributed by atoms with E-state index in [0.717, 1.165) is 5.76 Å². The van der Waals surface area contributed by atoms with Gasteiger partial charge in [0, 0.05) is 13.1 Å². The SMILES string of the molecule is CN(Cc1ccco1)c1ccc(C(=O)O)o1. The maximum Gasteiger partial charge on any atom is 0.371 e. The molecule has 16 heavy (non-hydrogen) atoms. The van der Waals surface area contributed by atoms with Crippen LogP contribution in [0.25, 0.3) is 0 Å². The quantitative estimate of drug-likeness (QED) is 0.857. The number of aromatic carboxylic acids is 1. The van der Waals surface area contributed by atoms with E-state index in [1.165, 1.54) is 6.07 Å². The zero-order valence-corrected chi connectivity index (χ0v) is 8.71. The summed E-state index contributed by atoms with van der Waals surface area (Å²) in [4.78, 5) is 12.4. The van der Waals surface area contributed by atoms with E-state index in [0.29, 0.717) is 12.4 Å². The normalized spacial score (nSPS) is 10.3. The van der Waals surface area contributed by atoms with Crippen molar-refractivity contribution < 1.29 is 18.7 Å². The molecule has 0 aliphatic carbocycles. The van der Waals surface area contributed by atoms with Crippen LogP contribution >= 0.6 is 0 Å². The fraction of sp³-hybridized carbons (Fsp3) is 0.182. The Kier molecular flexibility index (Phi) is 2.68. The summed E-state index contributed by atoms with van der Waals surface area (Å²) in [7, 11) is 1.80. The first-order valence-electron chi connectivity index (χ1n) is 4.73. The number of nitrogens with zero attached hydrogens (tertiary/aromatic N) is 1. The van der Waals surface area contributed by atoms with E-state index < -0.39 is 5.97 Å². The standard InChI is InChI=1S/C11H11NO4/c1-12(7-8-3-2-6-15-8)10-5-4-9(16-10)11(13)14/h2-6H,7H2,1H3,(H,13,14). The number of rotatable bonds is 4. The fourth-order valence-corrected chi connectivity index (χ4v) is 1.36. The summed E-state index contributed by atoms with van der Waals surface area (Å²) in [6.07, 6.45) is 1.59. The molecule has 0 bridgehead atoms. The summed E-state index contributed by atoms with van der Waals surface area (Å²) < 4.78 is 10.3. The Bertz CT molecular complexity index is 472. The Morgan fingerprint density at radius 3 is 2.81 bits per heavy atom. The first-order chi connectivity index (χ1) is 7.66. The van der Waals surface area contributed by atoms with Crippen LogP contribution in [0.1, 0.15) is 16.3 Å². The molecule has 0 aliphatic heterocycles. The van der Waals surface area contributed by atoms with Crippen molar-refractivity contribution in [3.8, 4) is 0 Å². The maximum absolute atomic E-state index is 10.6. The minimum absolute atomic E-state index is 0.0682. The van der Waals surface area contributed by atoms with Crippen molar-refractivity contribution in [1.29, 1.82) is 0 Å². The topological polar surface area (TPSA) is 66.8 Å². The number of carbonyl (C=O) groups is 1. The maximum atomic E-state index is 10.6. The zero-order valence-electron chi connectivity index (χ0n) is 8.71. The van der Waals surface area contributed by atoms with Gasteiger partial charge in [0.2, 0.25) is 5.76 Å². The summed E-state index contributed by atoms with van der Waals surface area (Å²) in [5.41, 5.74) is 0. The number of furan rings is 2. The number of carboxylic acid groups (broad SMARTS) is 1. The van der Waals surface area contributed by atoms with Crippen LogP contribution in [0.4, 0.5) is 5.88 Å². The predicted octanol–water partition coefficient (Wildman–Crippen LogP) is 2.21. The molecule has 0 aromatic carbocycles. The predicted molar refractivity (Wildman–Crippen MR) is 56.5 cm³/mol. The second-order valence-corrected chi connectivity index (χ2v) is 3.38. The van der Waals surface area contributed by atoms with Crippen LogP contribution in [0, 0.1) is 0 Å². The molecule has 5 heteroatoms. The molecule has 0 aliphatic rings. The highest BCUT2D eigenvalue weighted by atomic mass is 16.4. The van der Waals surface area contributed by atoms with Gasteiger partial charge in [0.25, 0.3) is 0 Å². The Morgan fingerprint density at radius 1 is 1.44 bits per heavy atom. The van der Waals surface area contributed by atoms with Crippen molar-refractivity contribution in [3.63, 3.8) is 0 Å². The average Bonchev–Trinajstić information content (AvgIpc) is 2.86. The Labute approximate surface area is 91.9 Å². The lowest BCUT2D eigenvalue weighted by Crippen LogP contribution is -2.15. The van der Waals surface area contributed by atoms with Crippen molar-refractivity contribution in [2.45, 2.75) is 6.54 Å². The van der Waals surface area contributed by atoms with Gasteiger partial charge in [-0.2, -0.15) is 0 Å². The Hall–Kier alpha value is -2.17. The van der Waals surface area contributed by atoms with Gasteiger partial charge in [-0.25, -0.2) is 4.79 Å². The third-order valence-electron chi connectivity index (χ3n) is 2.15. The Balaban J connectivity index is 2.08. The number of hydrogen-bond donors (Lipinski definition) is 1. The monoisotopic (exact) mass is 221 g/mol. The minimum atomic E-state index is -1.07. The lowest BCUT2D eigenvalue weighted by atomic mass is 10.4. The number of carboxylic acids is 1. The average molecular weight is 221 g/mol. The molecule has 84 valence electrons. The van der Waals surface area contributed by atoms with Crippen LogP contribution in [0.15, 0.2) is 39.4 Å². The van der Waals surface area contributed by atoms with Crippen molar-refractivity contribution in [2.24, 2.45) is 0 Å². The minimum Gasteiger partial charge on any atom is -0.475 e. The summed E-state index contributed by atoms with van der Waals surface area (Å²) in [6.45, 7) is 0.527. The summed E-state index contributed by atoms with van der Waals surface area (Å²) in [5, 5.41) is 8.71. The zero-order chi connectivity index (χ0) is 11.5. The first-order valence-corrected chi connectivity index (χ1v) is 4.73. The van der Waals surface area contributed by atoms with Gasteiger partial charge in [0.15, 0.2) is 5.88 Å². The van der Waals surface area contributed by atoms with Crippen LogP contribution in [0.3, 0.4) is 0 Å². The second kappa shape index (κ2) is 4.14.